The Kier molecular flexibility index (Phi) is 15.6. The smallest absolute Gasteiger partial charge is 0.318 e. The summed E-state index contributed by atoms with van der Waals surface area (Å²) in [6, 6.07) is 27.0. The number of methoxy groups -OCH3 is 1. The topological polar surface area (TPSA) is 269 Å². The van der Waals surface area contributed by atoms with Crippen LogP contribution in [-0.4, -0.2) is 125 Å². The first-order valence-electron chi connectivity index (χ1n) is 30.8. The number of piperidine rings is 1. The van der Waals surface area contributed by atoms with Crippen LogP contribution in [0.2, 0.25) is 0 Å². The number of Topliss-reactive ketones (excluding diaryl/α,β-unsaturated/α-hetero) is 1. The van der Waals surface area contributed by atoms with Gasteiger partial charge in [-0.25, -0.2) is 0 Å². The summed E-state index contributed by atoms with van der Waals surface area (Å²) < 4.78 is 20.0. The van der Waals surface area contributed by atoms with Crippen molar-refractivity contribution in [3.8, 4) is 51.8 Å². The fraction of sp³-hybridized carbons (Fsp3) is 0.443. The fourth-order valence-corrected chi connectivity index (χ4v) is 17.3. The molecular formula is C70H76N4O13. The van der Waals surface area contributed by atoms with E-state index < -0.39 is 53.2 Å². The van der Waals surface area contributed by atoms with E-state index in [4.69, 9.17) is 14.2 Å². The minimum absolute atomic E-state index is 0.0701. The fourth-order valence-electron chi connectivity index (χ4n) is 17.3. The second kappa shape index (κ2) is 23.3. The van der Waals surface area contributed by atoms with Gasteiger partial charge in [-0.2, -0.15) is 0 Å². The van der Waals surface area contributed by atoms with Crippen LogP contribution in [0.15, 0.2) is 103 Å². The van der Waals surface area contributed by atoms with Gasteiger partial charge in [-0.3, -0.25) is 9.59 Å². The van der Waals surface area contributed by atoms with E-state index in [1.165, 1.54) is 19.2 Å². The highest BCUT2D eigenvalue weighted by molar-refractivity contribution is 5.95. The van der Waals surface area contributed by atoms with Gasteiger partial charge in [0.1, 0.15) is 37.0 Å². The molecule has 3 saturated carbocycles. The first-order valence-corrected chi connectivity index (χ1v) is 30.8. The normalized spacial score (nSPS) is 29.7. The summed E-state index contributed by atoms with van der Waals surface area (Å²) in [5.41, 5.74) is 7.37. The van der Waals surface area contributed by atoms with Gasteiger partial charge in [0.15, 0.2) is 23.0 Å². The van der Waals surface area contributed by atoms with Crippen molar-refractivity contribution in [3.63, 3.8) is 0 Å². The Balaban J connectivity index is 0.986. The molecule has 10 N–H and O–H groups in total. The Labute approximate surface area is 504 Å². The van der Waals surface area contributed by atoms with Gasteiger partial charge in [-0.1, -0.05) is 54.3 Å². The van der Waals surface area contributed by atoms with Crippen LogP contribution >= 0.6 is 0 Å². The zero-order chi connectivity index (χ0) is 60.5. The minimum atomic E-state index is -1.40. The number of aliphatic hydroxyl groups is 4. The number of aromatic amines is 2. The molecule has 2 aliphatic heterocycles. The zero-order valence-electron chi connectivity index (χ0n) is 49.0. The quantitative estimate of drug-likeness (QED) is 0.0329. The molecule has 17 heteroatoms. The van der Waals surface area contributed by atoms with E-state index >= 15 is 4.79 Å². The van der Waals surface area contributed by atoms with Crippen molar-refractivity contribution in [3.05, 3.63) is 131 Å². The van der Waals surface area contributed by atoms with Crippen molar-refractivity contribution in [1.82, 2.24) is 19.9 Å². The van der Waals surface area contributed by atoms with Gasteiger partial charge in [0.2, 0.25) is 0 Å². The number of ketones is 1. The molecule has 4 aliphatic carbocycles. The van der Waals surface area contributed by atoms with Crippen LogP contribution in [0.4, 0.5) is 0 Å². The number of phenols is 3. The number of carbonyl (C=O) groups excluding carboxylic acids is 3. The lowest BCUT2D eigenvalue weighted by Gasteiger charge is -2.59. The standard InChI is InChI=1S/C70H76N4O13/c1-38(77)54-17-19-65(74-57-20-21-71-56(57)33-58(74)40-8-7-9-43(78)26-40)70(73-54)35-42(36-76)69(37-70)34-41-27-52-49-31-61(83)62(85-2)32-50(49)51(67(41)48-16-15-44(79)29-53(48)69)28-45(80)30-64(60(82)24-39-14-18-59(81)63(25-39)86-23-22-75)87-66(84)13-6-4-11-47-46-10-3-5-12-55(46)72-68(47)52/h3,5,7-10,12,14,18,20-21,25-27,31-33,36,38,41-42,44,48,51,53-54,60,64-65,67,71-73,75,77-79,81-83H,11,13,15-17,19,22-24,28-30,34-35,37H2,1-2H3/t38-,41-,42-,44-,48-,51-,53+,54-,60+,64-,65+,67+,69-,70-/m0/s1. The summed E-state index contributed by atoms with van der Waals surface area (Å²) in [5, 5.41) is 83.7. The molecule has 87 heavy (non-hydrogen) atoms. The lowest BCUT2D eigenvalue weighted by Crippen LogP contribution is -2.61. The summed E-state index contributed by atoms with van der Waals surface area (Å²) in [4.78, 5) is 51.3. The lowest BCUT2D eigenvalue weighted by molar-refractivity contribution is -0.155. The molecule has 4 aromatic carbocycles. The Bertz CT molecular complexity index is 3880. The number of aliphatic hydroxyl groups excluding tert-OH is 4. The summed E-state index contributed by atoms with van der Waals surface area (Å²) in [5.74, 6) is 3.36. The maximum atomic E-state index is 15.6. The van der Waals surface area contributed by atoms with E-state index in [1.807, 2.05) is 55.6 Å². The number of hydrogen-bond acceptors (Lipinski definition) is 14. The monoisotopic (exact) mass is 1180 g/mol. The van der Waals surface area contributed by atoms with Crippen LogP contribution < -0.4 is 14.8 Å². The van der Waals surface area contributed by atoms with Crippen LogP contribution in [-0.2, 0) is 32.0 Å². The average Bonchev–Trinajstić information content (AvgIpc) is 1.60. The molecule has 2 spiro atoms. The third-order valence-corrected chi connectivity index (χ3v) is 20.8. The molecule has 14 atom stereocenters. The van der Waals surface area contributed by atoms with Crippen LogP contribution in [0.1, 0.15) is 117 Å². The molecule has 0 amide bonds. The number of carbonyl (C=O) groups is 3. The van der Waals surface area contributed by atoms with E-state index in [0.717, 1.165) is 61.9 Å². The van der Waals surface area contributed by atoms with E-state index in [2.05, 4.69) is 49.9 Å². The van der Waals surface area contributed by atoms with Crippen molar-refractivity contribution >= 4 is 45.5 Å². The van der Waals surface area contributed by atoms with Gasteiger partial charge in [0, 0.05) is 71.4 Å². The molecule has 5 heterocycles. The second-order valence-electron chi connectivity index (χ2n) is 25.7. The molecular weight excluding hydrogens is 1100 g/mol. The second-order valence-corrected chi connectivity index (χ2v) is 25.7. The molecule has 7 aromatic rings. The highest BCUT2D eigenvalue weighted by Gasteiger charge is 2.67. The number of aromatic nitrogens is 3. The maximum absolute atomic E-state index is 15.6. The predicted molar refractivity (Wildman–Crippen MR) is 326 cm³/mol. The van der Waals surface area contributed by atoms with Crippen LogP contribution in [0, 0.1) is 46.8 Å². The summed E-state index contributed by atoms with van der Waals surface area (Å²) >= 11 is 0. The van der Waals surface area contributed by atoms with Crippen molar-refractivity contribution in [2.75, 3.05) is 20.3 Å². The molecule has 454 valence electrons. The van der Waals surface area contributed by atoms with E-state index in [0.29, 0.717) is 62.5 Å². The van der Waals surface area contributed by atoms with E-state index in [9.17, 15) is 45.3 Å². The number of esters is 1. The number of nitrogens with one attached hydrogen (secondary N) is 3. The molecule has 17 nitrogen and oxygen atoms in total. The third-order valence-electron chi connectivity index (χ3n) is 20.8. The summed E-state index contributed by atoms with van der Waals surface area (Å²) in [6.45, 7) is 1.45. The first-order chi connectivity index (χ1) is 42.1. The third kappa shape index (κ3) is 10.5. The molecule has 0 radical (unpaired) electrons. The number of benzene rings is 4. The number of aldehydes is 1. The molecule has 1 saturated heterocycles. The van der Waals surface area contributed by atoms with Crippen LogP contribution in [0.3, 0.4) is 0 Å². The largest absolute Gasteiger partial charge is 0.508 e. The number of hydrogen-bond donors (Lipinski definition) is 10. The van der Waals surface area contributed by atoms with Gasteiger partial charge < -0.3 is 74.6 Å². The Morgan fingerprint density at radius 2 is 1.72 bits per heavy atom. The number of fused-ring (bicyclic) bond motifs is 10. The van der Waals surface area contributed by atoms with Crippen molar-refractivity contribution in [2.24, 2.45) is 35.0 Å². The summed E-state index contributed by atoms with van der Waals surface area (Å²) in [7, 11) is 1.50. The van der Waals surface area contributed by atoms with Crippen molar-refractivity contribution < 1.29 is 64.3 Å². The minimum Gasteiger partial charge on any atom is -0.508 e. The summed E-state index contributed by atoms with van der Waals surface area (Å²) in [6.07, 6.45) is 4.97. The van der Waals surface area contributed by atoms with Gasteiger partial charge in [0.25, 0.3) is 0 Å². The predicted octanol–water partition coefficient (Wildman–Crippen LogP) is 9.08. The number of rotatable bonds is 11. The Morgan fingerprint density at radius 3 is 2.53 bits per heavy atom. The molecule has 2 bridgehead atoms. The molecule has 6 aliphatic rings. The van der Waals surface area contributed by atoms with Gasteiger partial charge >= 0.3 is 5.97 Å². The molecule has 3 aromatic heterocycles. The number of phenolic OH excluding ortho intramolecular Hbond substituents is 3. The molecule has 13 rings (SSSR count). The Hall–Kier alpha value is -7.85. The molecule has 4 fully saturated rings. The maximum Gasteiger partial charge on any atom is 0.318 e. The van der Waals surface area contributed by atoms with E-state index in [1.54, 1.807) is 24.3 Å². The highest BCUT2D eigenvalue weighted by Crippen LogP contribution is 2.70. The SMILES string of the molecule is COc1cc2c(cc1O)C1=C[C@H]3C[C@@]4(C[C@]5(C[C@H]4C=O)N[C@H]([C@H](C)O)CC[C@H]5n4c(-c5cccc(O)c5)cc5[nH]ccc54)[C@@H]4C[C@@H](O)CC[C@@H]4[C@@H]3[C@H]2CC(=O)C[C@@H]([C@H](O)Cc2ccc(O)c(OCCO)c2)OC(=O)CC#CCc2c1[nH]c1ccccc21. The van der Waals surface area contributed by atoms with Gasteiger partial charge in [-0.05, 0) is 170 Å². The number of H-pyrrole nitrogens is 2. The number of ether oxygens (including phenoxy) is 3. The zero-order valence-corrected chi connectivity index (χ0v) is 49.0. The Morgan fingerprint density at radius 1 is 0.885 bits per heavy atom. The van der Waals surface area contributed by atoms with Gasteiger partial charge in [-0.15, -0.1) is 0 Å². The first kappa shape index (κ1) is 58.2. The molecule has 0 unspecified atom stereocenters. The van der Waals surface area contributed by atoms with Crippen LogP contribution in [0.5, 0.6) is 28.7 Å². The highest BCUT2D eigenvalue weighted by atomic mass is 16.6. The van der Waals surface area contributed by atoms with Gasteiger partial charge in [0.05, 0.1) is 60.5 Å². The lowest BCUT2D eigenvalue weighted by atomic mass is 9.46. The number of aromatic hydroxyl groups is 3. The van der Waals surface area contributed by atoms with Crippen LogP contribution in [0.25, 0.3) is 38.8 Å². The number of para-hydroxylation sites is 1. The van der Waals surface area contributed by atoms with Crippen molar-refractivity contribution in [2.45, 2.75) is 138 Å². The number of nitrogens with zero attached hydrogens (tertiary/aromatic N) is 1. The van der Waals surface area contributed by atoms with E-state index in [-0.39, 0.29) is 116 Å². The number of allylic oxidation sites excluding steroid dienone is 1. The number of cyclic esters (lactones) is 1. The average molecular weight is 1180 g/mol. The van der Waals surface area contributed by atoms with Crippen molar-refractivity contribution in [1.29, 1.82) is 0 Å².